The molecule has 0 aliphatic rings. The number of amides is 3. The highest BCUT2D eigenvalue weighted by atomic mass is 16.4. The van der Waals surface area contributed by atoms with E-state index in [-0.39, 0.29) is 25.2 Å². The summed E-state index contributed by atoms with van der Waals surface area (Å²) in [7, 11) is 0. The van der Waals surface area contributed by atoms with E-state index in [0.29, 0.717) is 0 Å². The number of aliphatic hydroxyl groups is 1. The molecule has 0 spiro atoms. The van der Waals surface area contributed by atoms with Gasteiger partial charge in [0.1, 0.15) is 18.1 Å². The zero-order valence-corrected chi connectivity index (χ0v) is 19.3. The van der Waals surface area contributed by atoms with E-state index in [0.717, 1.165) is 0 Å². The van der Waals surface area contributed by atoms with Crippen LogP contribution >= 0.6 is 0 Å². The van der Waals surface area contributed by atoms with E-state index in [1.54, 1.807) is 13.8 Å². The zero-order chi connectivity index (χ0) is 26.6. The molecule has 5 unspecified atom stereocenters. The van der Waals surface area contributed by atoms with Crippen LogP contribution in [0.1, 0.15) is 52.9 Å². The highest BCUT2D eigenvalue weighted by Crippen LogP contribution is 2.08. The molecule has 0 fully saturated rings. The van der Waals surface area contributed by atoms with Crippen molar-refractivity contribution >= 4 is 35.6 Å². The molecule has 14 heteroatoms. The van der Waals surface area contributed by atoms with Gasteiger partial charge in [0.25, 0.3) is 0 Å². The van der Waals surface area contributed by atoms with Gasteiger partial charge in [-0.1, -0.05) is 13.8 Å². The second-order valence-corrected chi connectivity index (χ2v) is 8.29. The Morgan fingerprint density at radius 1 is 0.735 bits per heavy atom. The van der Waals surface area contributed by atoms with E-state index in [9.17, 15) is 39.0 Å². The highest BCUT2D eigenvalue weighted by Gasteiger charge is 2.32. The summed E-state index contributed by atoms with van der Waals surface area (Å²) < 4.78 is 0. The molecule has 0 aromatic heterocycles. The number of aliphatic hydroxyl groups excluding tert-OH is 1. The summed E-state index contributed by atoms with van der Waals surface area (Å²) >= 11 is 0. The van der Waals surface area contributed by atoms with Crippen LogP contribution in [0, 0.1) is 5.92 Å². The number of nitrogens with one attached hydrogen (secondary N) is 3. The monoisotopic (exact) mass is 490 g/mol. The fraction of sp³-hybridized carbons (Fsp3) is 0.700. The molecule has 5 atom stereocenters. The van der Waals surface area contributed by atoms with Crippen LogP contribution in [0.2, 0.25) is 0 Å². The molecule has 9 N–H and O–H groups in total. The number of aliphatic carboxylic acids is 3. The quantitative estimate of drug-likeness (QED) is 0.118. The second kappa shape index (κ2) is 14.8. The van der Waals surface area contributed by atoms with Gasteiger partial charge in [-0.25, -0.2) is 4.79 Å². The number of nitrogens with two attached hydrogens (primary N) is 1. The summed E-state index contributed by atoms with van der Waals surface area (Å²) in [4.78, 5) is 70.6. The number of carbonyl (C=O) groups is 6. The first-order chi connectivity index (χ1) is 15.6. The van der Waals surface area contributed by atoms with E-state index >= 15 is 0 Å². The lowest BCUT2D eigenvalue weighted by Crippen LogP contribution is -2.59. The van der Waals surface area contributed by atoms with Crippen molar-refractivity contribution in [3.05, 3.63) is 0 Å². The van der Waals surface area contributed by atoms with Gasteiger partial charge in [0, 0.05) is 12.8 Å². The lowest BCUT2D eigenvalue weighted by molar-refractivity contribution is -0.143. The van der Waals surface area contributed by atoms with Crippen molar-refractivity contribution < 1.29 is 49.2 Å². The van der Waals surface area contributed by atoms with Gasteiger partial charge in [-0.15, -0.1) is 0 Å². The summed E-state index contributed by atoms with van der Waals surface area (Å²) in [6, 6.07) is -5.65. The fourth-order valence-electron chi connectivity index (χ4n) is 2.84. The Labute approximate surface area is 196 Å². The Hall–Kier alpha value is -3.26. The van der Waals surface area contributed by atoms with Gasteiger partial charge < -0.3 is 42.1 Å². The number of carboxylic acids is 3. The zero-order valence-electron chi connectivity index (χ0n) is 19.3. The molecule has 0 heterocycles. The van der Waals surface area contributed by atoms with Crippen molar-refractivity contribution in [1.82, 2.24) is 16.0 Å². The standard InChI is InChI=1S/C20H34N4O10/c1-9(2)8-13(20(33)34)23-18(31)12(5-7-15(28)29)22-19(32)16(10(3)25)24-17(30)11(21)4-6-14(26)27/h9-13,16,25H,4-8,21H2,1-3H3,(H,22,32)(H,23,31)(H,24,30)(H,26,27)(H,28,29)(H,33,34). The average molecular weight is 491 g/mol. The van der Waals surface area contributed by atoms with Crippen molar-refractivity contribution in [1.29, 1.82) is 0 Å². The lowest BCUT2D eigenvalue weighted by Gasteiger charge is -2.26. The molecular weight excluding hydrogens is 456 g/mol. The van der Waals surface area contributed by atoms with Crippen LogP contribution in [0.3, 0.4) is 0 Å². The summed E-state index contributed by atoms with van der Waals surface area (Å²) in [5.74, 6) is -6.77. The Kier molecular flexibility index (Phi) is 13.4. The molecule has 0 radical (unpaired) electrons. The van der Waals surface area contributed by atoms with Crippen LogP contribution in [0.5, 0.6) is 0 Å². The van der Waals surface area contributed by atoms with Crippen LogP contribution in [0.15, 0.2) is 0 Å². The minimum Gasteiger partial charge on any atom is -0.481 e. The number of hydrogen-bond donors (Lipinski definition) is 8. The molecule has 194 valence electrons. The van der Waals surface area contributed by atoms with E-state index in [1.165, 1.54) is 6.92 Å². The Bertz CT molecular complexity index is 756. The molecule has 0 saturated heterocycles. The third-order valence-corrected chi connectivity index (χ3v) is 4.67. The van der Waals surface area contributed by atoms with Gasteiger partial charge in [-0.3, -0.25) is 24.0 Å². The predicted octanol–water partition coefficient (Wildman–Crippen LogP) is -1.99. The Morgan fingerprint density at radius 3 is 1.68 bits per heavy atom. The maximum Gasteiger partial charge on any atom is 0.326 e. The summed E-state index contributed by atoms with van der Waals surface area (Å²) in [6.45, 7) is 4.65. The first-order valence-electron chi connectivity index (χ1n) is 10.7. The number of carboxylic acid groups (broad SMARTS) is 3. The number of carbonyl (C=O) groups excluding carboxylic acids is 3. The van der Waals surface area contributed by atoms with Gasteiger partial charge in [-0.2, -0.15) is 0 Å². The summed E-state index contributed by atoms with van der Waals surface area (Å²) in [6.07, 6.45) is -2.94. The maximum atomic E-state index is 12.7. The Balaban J connectivity index is 5.47. The fourth-order valence-corrected chi connectivity index (χ4v) is 2.84. The molecule has 3 amide bonds. The normalized spacial score (nSPS) is 15.4. The van der Waals surface area contributed by atoms with Crippen LogP contribution in [-0.2, 0) is 28.8 Å². The van der Waals surface area contributed by atoms with Gasteiger partial charge in [0.05, 0.1) is 12.1 Å². The van der Waals surface area contributed by atoms with Crippen molar-refractivity contribution in [3.63, 3.8) is 0 Å². The van der Waals surface area contributed by atoms with E-state index in [4.69, 9.17) is 15.9 Å². The largest absolute Gasteiger partial charge is 0.481 e. The molecule has 0 aromatic rings. The molecule has 34 heavy (non-hydrogen) atoms. The van der Waals surface area contributed by atoms with E-state index in [2.05, 4.69) is 16.0 Å². The second-order valence-electron chi connectivity index (χ2n) is 8.29. The molecule has 0 aliphatic carbocycles. The number of hydrogen-bond acceptors (Lipinski definition) is 8. The number of rotatable bonds is 16. The van der Waals surface area contributed by atoms with Gasteiger partial charge in [0.2, 0.25) is 17.7 Å². The van der Waals surface area contributed by atoms with Crippen molar-refractivity contribution in [2.75, 3.05) is 0 Å². The van der Waals surface area contributed by atoms with Crippen LogP contribution in [-0.4, -0.2) is 86.3 Å². The predicted molar refractivity (Wildman–Crippen MR) is 116 cm³/mol. The van der Waals surface area contributed by atoms with E-state index < -0.39 is 78.7 Å². The van der Waals surface area contributed by atoms with Crippen molar-refractivity contribution in [2.24, 2.45) is 11.7 Å². The van der Waals surface area contributed by atoms with Crippen molar-refractivity contribution in [3.8, 4) is 0 Å². The van der Waals surface area contributed by atoms with Gasteiger partial charge in [0.15, 0.2) is 0 Å². The topological polar surface area (TPSA) is 245 Å². The third kappa shape index (κ3) is 12.1. The van der Waals surface area contributed by atoms with Crippen molar-refractivity contribution in [2.45, 2.75) is 83.1 Å². The first kappa shape index (κ1) is 30.7. The molecule has 0 aromatic carbocycles. The smallest absolute Gasteiger partial charge is 0.326 e. The molecule has 0 aliphatic heterocycles. The first-order valence-corrected chi connectivity index (χ1v) is 10.7. The van der Waals surface area contributed by atoms with E-state index in [1.807, 2.05) is 0 Å². The van der Waals surface area contributed by atoms with Crippen LogP contribution in [0.4, 0.5) is 0 Å². The minimum absolute atomic E-state index is 0.0846. The van der Waals surface area contributed by atoms with Crippen LogP contribution in [0.25, 0.3) is 0 Å². The molecular formula is C20H34N4O10. The SMILES string of the molecule is CC(C)CC(NC(=O)C(CCC(=O)O)NC(=O)C(NC(=O)C(N)CCC(=O)O)C(C)O)C(=O)O. The third-order valence-electron chi connectivity index (χ3n) is 4.67. The van der Waals surface area contributed by atoms with Gasteiger partial charge in [-0.05, 0) is 32.1 Å². The Morgan fingerprint density at radius 2 is 1.24 bits per heavy atom. The lowest BCUT2D eigenvalue weighted by atomic mass is 10.0. The molecule has 0 bridgehead atoms. The molecule has 0 rings (SSSR count). The summed E-state index contributed by atoms with van der Waals surface area (Å²) in [5, 5.41) is 43.5. The average Bonchev–Trinajstić information content (AvgIpc) is 2.71. The molecule has 0 saturated carbocycles. The maximum absolute atomic E-state index is 12.7. The summed E-state index contributed by atoms with van der Waals surface area (Å²) in [5.41, 5.74) is 5.59. The minimum atomic E-state index is -1.60. The highest BCUT2D eigenvalue weighted by molar-refractivity contribution is 5.94. The molecule has 14 nitrogen and oxygen atoms in total. The van der Waals surface area contributed by atoms with Gasteiger partial charge >= 0.3 is 17.9 Å². The van der Waals surface area contributed by atoms with Crippen LogP contribution < -0.4 is 21.7 Å².